The van der Waals surface area contributed by atoms with E-state index in [4.69, 9.17) is 9.47 Å². The summed E-state index contributed by atoms with van der Waals surface area (Å²) in [5.41, 5.74) is 1.59. The highest BCUT2D eigenvalue weighted by atomic mass is 16.5. The predicted molar refractivity (Wildman–Crippen MR) is 109 cm³/mol. The van der Waals surface area contributed by atoms with E-state index in [9.17, 15) is 9.59 Å². The Morgan fingerprint density at radius 3 is 2.41 bits per heavy atom. The number of rotatable bonds is 7. The number of hydrogen-bond donors (Lipinski definition) is 1. The summed E-state index contributed by atoms with van der Waals surface area (Å²) in [6, 6.07) is 15.5. The molecule has 1 saturated carbocycles. The van der Waals surface area contributed by atoms with Crippen molar-refractivity contribution in [2.75, 3.05) is 26.8 Å². The molecule has 152 valence electrons. The number of ether oxygens (including phenoxy) is 2. The Hall–Kier alpha value is -3.02. The lowest BCUT2D eigenvalue weighted by molar-refractivity contribution is -0.145. The molecule has 1 aliphatic carbocycles. The minimum atomic E-state index is -0.883. The summed E-state index contributed by atoms with van der Waals surface area (Å²) >= 11 is 0. The lowest BCUT2D eigenvalue weighted by atomic mass is 9.97. The Morgan fingerprint density at radius 1 is 1.03 bits per heavy atom. The highest BCUT2D eigenvalue weighted by Gasteiger charge is 2.58. The van der Waals surface area contributed by atoms with Crippen molar-refractivity contribution in [2.24, 2.45) is 5.41 Å². The van der Waals surface area contributed by atoms with Crippen molar-refractivity contribution in [1.82, 2.24) is 10.2 Å². The normalized spacial score (nSPS) is 16.5. The highest BCUT2D eigenvalue weighted by molar-refractivity contribution is 6.07. The maximum Gasteiger partial charge on any atom is 0.238 e. The van der Waals surface area contributed by atoms with E-state index in [-0.39, 0.29) is 11.8 Å². The van der Waals surface area contributed by atoms with Crippen LogP contribution >= 0.6 is 0 Å². The number of hydrogen-bond acceptors (Lipinski definition) is 4. The Morgan fingerprint density at radius 2 is 1.72 bits per heavy atom. The molecule has 2 amide bonds. The summed E-state index contributed by atoms with van der Waals surface area (Å²) in [6.45, 7) is 1.97. The van der Waals surface area contributed by atoms with Gasteiger partial charge < -0.3 is 19.7 Å². The summed E-state index contributed by atoms with van der Waals surface area (Å²) in [7, 11) is 1.61. The minimum absolute atomic E-state index is 0.0411. The molecule has 2 aromatic rings. The maximum absolute atomic E-state index is 13.1. The van der Waals surface area contributed by atoms with Gasteiger partial charge in [-0.05, 0) is 54.7 Å². The van der Waals surface area contributed by atoms with Crippen molar-refractivity contribution in [2.45, 2.75) is 25.8 Å². The van der Waals surface area contributed by atoms with Gasteiger partial charge in [-0.1, -0.05) is 24.3 Å². The smallest absolute Gasteiger partial charge is 0.238 e. The van der Waals surface area contributed by atoms with Gasteiger partial charge in [0.25, 0.3) is 0 Å². The van der Waals surface area contributed by atoms with E-state index in [1.807, 2.05) is 41.3 Å². The van der Waals surface area contributed by atoms with Crippen LogP contribution in [-0.2, 0) is 22.6 Å². The summed E-state index contributed by atoms with van der Waals surface area (Å²) < 4.78 is 10.8. The number of nitrogens with zero attached hydrogens (tertiary/aromatic N) is 1. The third kappa shape index (κ3) is 4.06. The van der Waals surface area contributed by atoms with Crippen LogP contribution in [-0.4, -0.2) is 43.5 Å². The van der Waals surface area contributed by atoms with Gasteiger partial charge >= 0.3 is 0 Å². The first-order chi connectivity index (χ1) is 14.1. The number of methoxy groups -OCH3 is 1. The van der Waals surface area contributed by atoms with Crippen LogP contribution in [0.15, 0.2) is 48.5 Å². The largest absolute Gasteiger partial charge is 0.497 e. The summed E-state index contributed by atoms with van der Waals surface area (Å²) in [6.07, 6.45) is 2.08. The van der Waals surface area contributed by atoms with Gasteiger partial charge in [0.15, 0.2) is 0 Å². The van der Waals surface area contributed by atoms with Crippen LogP contribution in [0.25, 0.3) is 0 Å². The van der Waals surface area contributed by atoms with Crippen LogP contribution in [0.3, 0.4) is 0 Å². The van der Waals surface area contributed by atoms with Crippen LogP contribution < -0.4 is 14.8 Å². The summed E-state index contributed by atoms with van der Waals surface area (Å²) in [4.78, 5) is 27.6. The SMILES string of the molecule is COc1ccc(OCCNC(=O)C2(C(=O)N3CCc4ccccc4C3)CC2)cc1. The molecule has 0 bridgehead atoms. The van der Waals surface area contributed by atoms with Crippen LogP contribution in [0, 0.1) is 5.41 Å². The molecule has 0 spiro atoms. The molecule has 2 aromatic carbocycles. The van der Waals surface area contributed by atoms with Gasteiger partial charge in [-0.25, -0.2) is 0 Å². The van der Waals surface area contributed by atoms with Gasteiger partial charge in [-0.2, -0.15) is 0 Å². The quantitative estimate of drug-likeness (QED) is 0.579. The molecule has 0 saturated heterocycles. The number of amides is 2. The molecular formula is C23H26N2O4. The van der Waals surface area contributed by atoms with E-state index in [0.717, 1.165) is 12.2 Å². The Labute approximate surface area is 170 Å². The molecule has 6 heteroatoms. The molecule has 0 atom stereocenters. The van der Waals surface area contributed by atoms with E-state index in [1.54, 1.807) is 7.11 Å². The van der Waals surface area contributed by atoms with E-state index in [1.165, 1.54) is 11.1 Å². The zero-order valence-electron chi connectivity index (χ0n) is 16.6. The van der Waals surface area contributed by atoms with Gasteiger partial charge in [0.2, 0.25) is 11.8 Å². The van der Waals surface area contributed by atoms with Gasteiger partial charge in [-0.3, -0.25) is 9.59 Å². The van der Waals surface area contributed by atoms with E-state index < -0.39 is 5.41 Å². The average molecular weight is 394 g/mol. The van der Waals surface area contributed by atoms with E-state index in [2.05, 4.69) is 17.4 Å². The number of carbonyl (C=O) groups excluding carboxylic acids is 2. The molecule has 29 heavy (non-hydrogen) atoms. The zero-order valence-corrected chi connectivity index (χ0v) is 16.6. The second kappa shape index (κ2) is 8.15. The molecule has 0 radical (unpaired) electrons. The second-order valence-corrected chi connectivity index (χ2v) is 7.61. The second-order valence-electron chi connectivity index (χ2n) is 7.61. The number of benzene rings is 2. The molecule has 1 aliphatic heterocycles. The first kappa shape index (κ1) is 19.3. The third-order valence-electron chi connectivity index (χ3n) is 5.73. The van der Waals surface area contributed by atoms with Crippen molar-refractivity contribution in [3.05, 3.63) is 59.7 Å². The van der Waals surface area contributed by atoms with Crippen molar-refractivity contribution in [3.63, 3.8) is 0 Å². The van der Waals surface area contributed by atoms with Gasteiger partial charge in [0.1, 0.15) is 23.5 Å². The molecule has 1 heterocycles. The molecule has 6 nitrogen and oxygen atoms in total. The third-order valence-corrected chi connectivity index (χ3v) is 5.73. The van der Waals surface area contributed by atoms with E-state index >= 15 is 0 Å². The fraction of sp³-hybridized carbons (Fsp3) is 0.391. The van der Waals surface area contributed by atoms with Crippen molar-refractivity contribution < 1.29 is 19.1 Å². The monoisotopic (exact) mass is 394 g/mol. The van der Waals surface area contributed by atoms with Gasteiger partial charge in [0.05, 0.1) is 13.7 Å². The molecule has 2 aliphatic rings. The summed E-state index contributed by atoms with van der Waals surface area (Å²) in [5.74, 6) is 1.25. The first-order valence-electron chi connectivity index (χ1n) is 10.0. The highest BCUT2D eigenvalue weighted by Crippen LogP contribution is 2.48. The van der Waals surface area contributed by atoms with Crippen LogP contribution in [0.2, 0.25) is 0 Å². The topological polar surface area (TPSA) is 67.9 Å². The fourth-order valence-corrected chi connectivity index (χ4v) is 3.81. The van der Waals surface area contributed by atoms with Crippen LogP contribution in [0.4, 0.5) is 0 Å². The molecule has 0 unspecified atom stereocenters. The van der Waals surface area contributed by atoms with Gasteiger partial charge in [0, 0.05) is 13.1 Å². The van der Waals surface area contributed by atoms with Crippen LogP contribution in [0.1, 0.15) is 24.0 Å². The maximum atomic E-state index is 13.1. The zero-order chi connectivity index (χ0) is 20.3. The number of carbonyl (C=O) groups is 2. The molecule has 1 N–H and O–H groups in total. The summed E-state index contributed by atoms with van der Waals surface area (Å²) in [5, 5.41) is 2.88. The fourth-order valence-electron chi connectivity index (χ4n) is 3.81. The standard InChI is InChI=1S/C23H26N2O4/c1-28-19-6-8-20(9-7-19)29-15-13-24-21(26)23(11-12-23)22(27)25-14-10-17-4-2-3-5-18(17)16-25/h2-9H,10-16H2,1H3,(H,24,26). The minimum Gasteiger partial charge on any atom is -0.497 e. The lowest BCUT2D eigenvalue weighted by Crippen LogP contribution is -2.47. The Kier molecular flexibility index (Phi) is 5.43. The predicted octanol–water partition coefficient (Wildman–Crippen LogP) is 2.56. The first-order valence-corrected chi connectivity index (χ1v) is 10.0. The molecular weight excluding hydrogens is 368 g/mol. The molecule has 1 fully saturated rings. The average Bonchev–Trinajstić information content (AvgIpc) is 3.58. The molecule has 4 rings (SSSR count). The van der Waals surface area contributed by atoms with E-state index in [0.29, 0.717) is 44.8 Å². The van der Waals surface area contributed by atoms with Crippen molar-refractivity contribution >= 4 is 11.8 Å². The number of nitrogens with one attached hydrogen (secondary N) is 1. The van der Waals surface area contributed by atoms with Gasteiger partial charge in [-0.15, -0.1) is 0 Å². The number of fused-ring (bicyclic) bond motifs is 1. The Bertz CT molecular complexity index is 890. The van der Waals surface area contributed by atoms with Crippen LogP contribution in [0.5, 0.6) is 11.5 Å². The Balaban J connectivity index is 1.27. The lowest BCUT2D eigenvalue weighted by Gasteiger charge is -2.31. The van der Waals surface area contributed by atoms with Crippen molar-refractivity contribution in [1.29, 1.82) is 0 Å². The molecule has 0 aromatic heterocycles. The van der Waals surface area contributed by atoms with Crippen molar-refractivity contribution in [3.8, 4) is 11.5 Å².